The van der Waals surface area contributed by atoms with Gasteiger partial charge < -0.3 is 20.3 Å². The average Bonchev–Trinajstić information content (AvgIpc) is 3.18. The van der Waals surface area contributed by atoms with Crippen molar-refractivity contribution in [3.05, 3.63) is 48.0 Å². The van der Waals surface area contributed by atoms with Crippen molar-refractivity contribution in [1.82, 2.24) is 15.3 Å². The molecule has 0 unspecified atom stereocenters. The largest absolute Gasteiger partial charge is 0.438 e. The minimum atomic E-state index is 0.532. The molecule has 2 aromatic heterocycles. The van der Waals surface area contributed by atoms with Crippen molar-refractivity contribution in [2.24, 2.45) is 4.99 Å². The molecule has 2 N–H and O–H groups in total. The molecule has 7 nitrogen and oxygen atoms in total. The van der Waals surface area contributed by atoms with Crippen LogP contribution in [0.4, 0.5) is 10.8 Å². The number of anilines is 2. The molecule has 0 saturated heterocycles. The van der Waals surface area contributed by atoms with Crippen LogP contribution >= 0.6 is 11.3 Å². The predicted octanol–water partition coefficient (Wildman–Crippen LogP) is 3.82. The number of ether oxygens (including phenoxy) is 1. The number of nitrogens with zero attached hydrogens (tertiary/aromatic N) is 4. The Balaban J connectivity index is 1.53. The van der Waals surface area contributed by atoms with Gasteiger partial charge in [-0.3, -0.25) is 4.99 Å². The first-order chi connectivity index (χ1) is 13.7. The fraction of sp³-hybridized carbons (Fsp3) is 0.250. The number of aromatic nitrogens is 2. The van der Waals surface area contributed by atoms with Crippen LogP contribution in [0.2, 0.25) is 0 Å². The molecule has 0 saturated carbocycles. The molecule has 0 radical (unpaired) electrons. The van der Waals surface area contributed by atoms with Crippen molar-refractivity contribution >= 4 is 28.1 Å². The van der Waals surface area contributed by atoms with E-state index in [2.05, 4.69) is 25.6 Å². The summed E-state index contributed by atoms with van der Waals surface area (Å²) in [5.74, 6) is 2.04. The number of hydrogen-bond donors (Lipinski definition) is 2. The zero-order valence-electron chi connectivity index (χ0n) is 15.8. The lowest BCUT2D eigenvalue weighted by Crippen LogP contribution is -2.35. The van der Waals surface area contributed by atoms with E-state index in [4.69, 9.17) is 4.74 Å². The van der Waals surface area contributed by atoms with Gasteiger partial charge in [-0.15, -0.1) is 11.3 Å². The van der Waals surface area contributed by atoms with Gasteiger partial charge in [0.15, 0.2) is 11.1 Å². The topological polar surface area (TPSA) is 74.7 Å². The summed E-state index contributed by atoms with van der Waals surface area (Å²) >= 11 is 1.53. The Hall–Kier alpha value is -3.13. The molecular formula is C20H22N6OS. The third kappa shape index (κ3) is 4.23. The molecule has 144 valence electrons. The zero-order chi connectivity index (χ0) is 19.3. The van der Waals surface area contributed by atoms with Gasteiger partial charge in [-0.05, 0) is 42.8 Å². The molecule has 0 amide bonds. The zero-order valence-corrected chi connectivity index (χ0v) is 16.7. The Kier molecular flexibility index (Phi) is 5.38. The van der Waals surface area contributed by atoms with E-state index in [9.17, 15) is 0 Å². The second kappa shape index (κ2) is 8.26. The second-order valence-electron chi connectivity index (χ2n) is 6.52. The predicted molar refractivity (Wildman–Crippen MR) is 115 cm³/mol. The molecule has 1 aromatic carbocycles. The van der Waals surface area contributed by atoms with Crippen LogP contribution in [0.15, 0.2) is 53.0 Å². The highest BCUT2D eigenvalue weighted by Crippen LogP contribution is 2.33. The molecule has 1 aliphatic rings. The summed E-state index contributed by atoms with van der Waals surface area (Å²) in [6.45, 7) is 1.76. The van der Waals surface area contributed by atoms with Gasteiger partial charge >= 0.3 is 0 Å². The van der Waals surface area contributed by atoms with Crippen molar-refractivity contribution in [3.63, 3.8) is 0 Å². The van der Waals surface area contributed by atoms with E-state index < -0.39 is 0 Å². The van der Waals surface area contributed by atoms with Crippen LogP contribution in [0, 0.1) is 0 Å². The molecule has 0 bridgehead atoms. The van der Waals surface area contributed by atoms with Gasteiger partial charge in [0.25, 0.3) is 0 Å². The van der Waals surface area contributed by atoms with Gasteiger partial charge in [-0.1, -0.05) is 0 Å². The first-order valence-electron chi connectivity index (χ1n) is 9.10. The summed E-state index contributed by atoms with van der Waals surface area (Å²) in [5.41, 5.74) is 2.78. The van der Waals surface area contributed by atoms with Crippen molar-refractivity contribution < 1.29 is 4.74 Å². The number of guanidine groups is 1. The minimum Gasteiger partial charge on any atom is -0.438 e. The highest BCUT2D eigenvalue weighted by Gasteiger charge is 2.14. The van der Waals surface area contributed by atoms with Crippen molar-refractivity contribution in [1.29, 1.82) is 0 Å². The quantitative estimate of drug-likeness (QED) is 0.685. The fourth-order valence-electron chi connectivity index (χ4n) is 2.76. The normalized spacial score (nSPS) is 13.4. The van der Waals surface area contributed by atoms with E-state index in [-0.39, 0.29) is 0 Å². The van der Waals surface area contributed by atoms with Gasteiger partial charge in [0.1, 0.15) is 5.75 Å². The van der Waals surface area contributed by atoms with Crippen molar-refractivity contribution in [2.75, 3.05) is 37.4 Å². The molecule has 0 aliphatic carbocycles. The molecule has 1 aliphatic heterocycles. The number of nitrogens with one attached hydrogen (secondary N) is 2. The lowest BCUT2D eigenvalue weighted by Gasteiger charge is -2.14. The van der Waals surface area contributed by atoms with Crippen LogP contribution in [0.1, 0.15) is 6.42 Å². The molecule has 0 atom stereocenters. The third-order valence-electron chi connectivity index (χ3n) is 4.24. The van der Waals surface area contributed by atoms with E-state index in [1.165, 1.54) is 11.3 Å². The highest BCUT2D eigenvalue weighted by atomic mass is 32.1. The lowest BCUT2D eigenvalue weighted by atomic mass is 10.2. The molecule has 4 rings (SSSR count). The number of rotatable bonds is 5. The van der Waals surface area contributed by atoms with Gasteiger partial charge in [0, 0.05) is 44.4 Å². The second-order valence-corrected chi connectivity index (χ2v) is 7.38. The van der Waals surface area contributed by atoms with Gasteiger partial charge in [0.05, 0.1) is 11.3 Å². The standard InChI is InChI=1S/C20H22N6OS/c1-26(2)14-6-8-15(9-7-14)27-18-16(5-3-10-21-18)17-13-28-20(24-17)25-19-22-11-4-12-23-19/h3,5-10,13H,4,11-12H2,1-2H3,(H2,22,23,24,25). The number of hydrogen-bond acceptors (Lipinski definition) is 8. The molecule has 0 fully saturated rings. The SMILES string of the molecule is CN(C)c1ccc(Oc2ncccc2-c2csc(NC3=NCCCN3)n2)cc1. The van der Waals surface area contributed by atoms with E-state index in [0.29, 0.717) is 5.88 Å². The number of benzene rings is 1. The van der Waals surface area contributed by atoms with Crippen LogP contribution in [-0.2, 0) is 0 Å². The maximum atomic E-state index is 6.04. The van der Waals surface area contributed by atoms with Crippen LogP contribution in [0.3, 0.4) is 0 Å². The minimum absolute atomic E-state index is 0.532. The van der Waals surface area contributed by atoms with E-state index in [0.717, 1.165) is 53.3 Å². The van der Waals surface area contributed by atoms with Crippen molar-refractivity contribution in [3.8, 4) is 22.9 Å². The number of thiazole rings is 1. The van der Waals surface area contributed by atoms with Crippen molar-refractivity contribution in [2.45, 2.75) is 6.42 Å². The van der Waals surface area contributed by atoms with Crippen LogP contribution in [0.5, 0.6) is 11.6 Å². The first-order valence-corrected chi connectivity index (χ1v) is 9.98. The number of aliphatic imine (C=N–C) groups is 1. The fourth-order valence-corrected chi connectivity index (χ4v) is 3.47. The Bertz CT molecular complexity index is 967. The Labute approximate surface area is 168 Å². The summed E-state index contributed by atoms with van der Waals surface area (Å²) in [4.78, 5) is 15.5. The summed E-state index contributed by atoms with van der Waals surface area (Å²) in [6, 6.07) is 11.8. The molecule has 28 heavy (non-hydrogen) atoms. The smallest absolute Gasteiger partial charge is 0.228 e. The molecule has 8 heteroatoms. The van der Waals surface area contributed by atoms with Gasteiger partial charge in [-0.25, -0.2) is 9.97 Å². The van der Waals surface area contributed by atoms with E-state index in [1.54, 1.807) is 6.20 Å². The first kappa shape index (κ1) is 18.2. The summed E-state index contributed by atoms with van der Waals surface area (Å²) in [6.07, 6.45) is 2.78. The summed E-state index contributed by atoms with van der Waals surface area (Å²) in [5, 5.41) is 9.25. The monoisotopic (exact) mass is 394 g/mol. The molecule has 3 aromatic rings. The summed E-state index contributed by atoms with van der Waals surface area (Å²) in [7, 11) is 4.02. The molecular weight excluding hydrogens is 372 g/mol. The summed E-state index contributed by atoms with van der Waals surface area (Å²) < 4.78 is 6.04. The highest BCUT2D eigenvalue weighted by molar-refractivity contribution is 7.14. The van der Waals surface area contributed by atoms with Gasteiger partial charge in [0.2, 0.25) is 5.88 Å². The Morgan fingerprint density at radius 2 is 2.04 bits per heavy atom. The van der Waals surface area contributed by atoms with Crippen LogP contribution in [-0.4, -0.2) is 43.1 Å². The van der Waals surface area contributed by atoms with Crippen LogP contribution < -0.4 is 20.3 Å². The maximum absolute atomic E-state index is 6.04. The van der Waals surface area contributed by atoms with Gasteiger partial charge in [-0.2, -0.15) is 0 Å². The molecule has 3 heterocycles. The van der Waals surface area contributed by atoms with E-state index >= 15 is 0 Å². The lowest BCUT2D eigenvalue weighted by molar-refractivity contribution is 0.465. The Morgan fingerprint density at radius 3 is 2.79 bits per heavy atom. The maximum Gasteiger partial charge on any atom is 0.228 e. The average molecular weight is 395 g/mol. The third-order valence-corrected chi connectivity index (χ3v) is 5.00. The Morgan fingerprint density at radius 1 is 1.18 bits per heavy atom. The number of pyridine rings is 1. The van der Waals surface area contributed by atoms with E-state index in [1.807, 2.05) is 60.8 Å². The van der Waals surface area contributed by atoms with Crippen LogP contribution in [0.25, 0.3) is 11.3 Å². The molecule has 0 spiro atoms.